The molecule has 0 unspecified atom stereocenters. The summed E-state index contributed by atoms with van der Waals surface area (Å²) >= 11 is 5.85. The van der Waals surface area contributed by atoms with Crippen LogP contribution in [0.2, 0.25) is 5.02 Å². The Hall–Kier alpha value is -2.07. The predicted molar refractivity (Wildman–Crippen MR) is 76.9 cm³/mol. The minimum Gasteiger partial charge on any atom is -0.494 e. The van der Waals surface area contributed by atoms with Gasteiger partial charge >= 0.3 is 0 Å². The number of rotatable bonds is 4. The van der Waals surface area contributed by atoms with Gasteiger partial charge in [-0.15, -0.1) is 0 Å². The van der Waals surface area contributed by atoms with Gasteiger partial charge in [0, 0.05) is 22.7 Å². The van der Waals surface area contributed by atoms with Crippen LogP contribution in [0.25, 0.3) is 0 Å². The second kappa shape index (κ2) is 5.92. The van der Waals surface area contributed by atoms with Crippen LogP contribution in [0.5, 0.6) is 5.75 Å². The van der Waals surface area contributed by atoms with Gasteiger partial charge in [-0.25, -0.2) is 4.39 Å². The first kappa shape index (κ1) is 14.3. The molecule has 0 aliphatic heterocycles. The summed E-state index contributed by atoms with van der Waals surface area (Å²) in [6.07, 6.45) is 0.0701. The maximum Gasteiger partial charge on any atom is 0.167 e. The van der Waals surface area contributed by atoms with Gasteiger partial charge in [0.1, 0.15) is 0 Å². The topological polar surface area (TPSA) is 52.3 Å². The van der Waals surface area contributed by atoms with Gasteiger partial charge in [-0.3, -0.25) is 4.79 Å². The van der Waals surface area contributed by atoms with Crippen molar-refractivity contribution in [3.05, 3.63) is 58.4 Å². The molecule has 0 bridgehead atoms. The molecule has 5 heteroatoms. The first-order valence-electron chi connectivity index (χ1n) is 5.91. The van der Waals surface area contributed by atoms with E-state index in [2.05, 4.69) is 0 Å². The molecule has 3 nitrogen and oxygen atoms in total. The molecular weight excluding hydrogens is 281 g/mol. The standard InChI is InChI=1S/C15H13ClFNO2/c1-20-15-3-2-9(4-13(15)17)5-14(19)10-6-11(16)8-12(18)7-10/h2-4,6-8H,5,18H2,1H3. The van der Waals surface area contributed by atoms with Crippen LogP contribution in [0.15, 0.2) is 36.4 Å². The fraction of sp³-hybridized carbons (Fsp3) is 0.133. The monoisotopic (exact) mass is 293 g/mol. The molecule has 0 aliphatic carbocycles. The van der Waals surface area contributed by atoms with Gasteiger partial charge in [-0.2, -0.15) is 0 Å². The normalized spacial score (nSPS) is 10.3. The van der Waals surface area contributed by atoms with E-state index >= 15 is 0 Å². The molecule has 2 N–H and O–H groups in total. The summed E-state index contributed by atoms with van der Waals surface area (Å²) in [5.74, 6) is -0.527. The lowest BCUT2D eigenvalue weighted by Gasteiger charge is -2.06. The Morgan fingerprint density at radius 1 is 1.30 bits per heavy atom. The largest absolute Gasteiger partial charge is 0.494 e. The number of methoxy groups -OCH3 is 1. The number of hydrogen-bond acceptors (Lipinski definition) is 3. The summed E-state index contributed by atoms with van der Waals surface area (Å²) in [5.41, 5.74) is 7.03. The molecular formula is C15H13ClFNO2. The van der Waals surface area contributed by atoms with Crippen molar-refractivity contribution in [1.29, 1.82) is 0 Å². The van der Waals surface area contributed by atoms with Crippen LogP contribution < -0.4 is 10.5 Å². The number of carbonyl (C=O) groups is 1. The number of Topliss-reactive ketones (excluding diaryl/α,β-unsaturated/α-hetero) is 1. The number of ketones is 1. The second-order valence-electron chi connectivity index (χ2n) is 4.34. The first-order chi connectivity index (χ1) is 9.49. The number of hydrogen-bond donors (Lipinski definition) is 1. The molecule has 0 aliphatic rings. The van der Waals surface area contributed by atoms with Crippen LogP contribution >= 0.6 is 11.6 Å². The predicted octanol–water partition coefficient (Wildman–Crippen LogP) is 3.50. The summed E-state index contributed by atoms with van der Waals surface area (Å²) in [5, 5.41) is 0.397. The van der Waals surface area contributed by atoms with Crippen molar-refractivity contribution < 1.29 is 13.9 Å². The number of benzene rings is 2. The quantitative estimate of drug-likeness (QED) is 0.693. The van der Waals surface area contributed by atoms with E-state index in [0.717, 1.165) is 0 Å². The molecule has 20 heavy (non-hydrogen) atoms. The van der Waals surface area contributed by atoms with E-state index in [1.807, 2.05) is 0 Å². The molecule has 0 saturated carbocycles. The van der Waals surface area contributed by atoms with E-state index in [1.165, 1.54) is 19.2 Å². The number of carbonyl (C=O) groups excluding carboxylic acids is 1. The van der Waals surface area contributed by atoms with Crippen molar-refractivity contribution >= 4 is 23.1 Å². The lowest BCUT2D eigenvalue weighted by molar-refractivity contribution is 0.0993. The molecule has 0 fully saturated rings. The zero-order valence-electron chi connectivity index (χ0n) is 10.8. The molecule has 0 atom stereocenters. The summed E-state index contributed by atoms with van der Waals surface area (Å²) in [7, 11) is 1.39. The molecule has 2 rings (SSSR count). The van der Waals surface area contributed by atoms with E-state index in [9.17, 15) is 9.18 Å². The summed E-state index contributed by atoms with van der Waals surface area (Å²) in [6.45, 7) is 0. The Morgan fingerprint density at radius 2 is 2.05 bits per heavy atom. The van der Waals surface area contributed by atoms with E-state index in [0.29, 0.717) is 21.8 Å². The number of nitrogens with two attached hydrogens (primary N) is 1. The molecule has 0 saturated heterocycles. The molecule has 0 aromatic heterocycles. The van der Waals surface area contributed by atoms with Gasteiger partial charge in [0.25, 0.3) is 0 Å². The van der Waals surface area contributed by atoms with Crippen molar-refractivity contribution in [3.63, 3.8) is 0 Å². The van der Waals surface area contributed by atoms with Gasteiger partial charge in [0.2, 0.25) is 0 Å². The zero-order chi connectivity index (χ0) is 14.7. The van der Waals surface area contributed by atoms with Crippen LogP contribution in [-0.4, -0.2) is 12.9 Å². The second-order valence-corrected chi connectivity index (χ2v) is 4.78. The van der Waals surface area contributed by atoms with Crippen LogP contribution in [0, 0.1) is 5.82 Å². The molecule has 2 aromatic carbocycles. The average Bonchev–Trinajstić information content (AvgIpc) is 2.37. The molecule has 0 radical (unpaired) electrons. The molecule has 0 spiro atoms. The number of anilines is 1. The van der Waals surface area contributed by atoms with Gasteiger partial charge in [0.15, 0.2) is 17.3 Å². The SMILES string of the molecule is COc1ccc(CC(=O)c2cc(N)cc(Cl)c2)cc1F. The van der Waals surface area contributed by atoms with Crippen molar-refractivity contribution in [2.45, 2.75) is 6.42 Å². The summed E-state index contributed by atoms with van der Waals surface area (Å²) in [6, 6.07) is 9.07. The lowest BCUT2D eigenvalue weighted by atomic mass is 10.0. The van der Waals surface area contributed by atoms with Crippen molar-refractivity contribution in [1.82, 2.24) is 0 Å². The number of nitrogen functional groups attached to an aromatic ring is 1. The highest BCUT2D eigenvalue weighted by Crippen LogP contribution is 2.21. The smallest absolute Gasteiger partial charge is 0.167 e. The third-order valence-electron chi connectivity index (χ3n) is 2.82. The van der Waals surface area contributed by atoms with Crippen LogP contribution in [0.3, 0.4) is 0 Å². The Balaban J connectivity index is 2.21. The summed E-state index contributed by atoms with van der Waals surface area (Å²) in [4.78, 5) is 12.1. The van der Waals surface area contributed by atoms with E-state index in [-0.39, 0.29) is 18.0 Å². The highest BCUT2D eigenvalue weighted by molar-refractivity contribution is 6.31. The highest BCUT2D eigenvalue weighted by Gasteiger charge is 2.11. The third kappa shape index (κ3) is 3.27. The first-order valence-corrected chi connectivity index (χ1v) is 6.29. The summed E-state index contributed by atoms with van der Waals surface area (Å²) < 4.78 is 18.4. The molecule has 104 valence electrons. The van der Waals surface area contributed by atoms with E-state index < -0.39 is 5.82 Å². The van der Waals surface area contributed by atoms with Crippen LogP contribution in [-0.2, 0) is 6.42 Å². The van der Waals surface area contributed by atoms with E-state index in [4.69, 9.17) is 22.1 Å². The van der Waals surface area contributed by atoms with Gasteiger partial charge < -0.3 is 10.5 Å². The maximum atomic E-state index is 13.6. The number of halogens is 2. The van der Waals surface area contributed by atoms with Crippen molar-refractivity contribution in [3.8, 4) is 5.75 Å². The van der Waals surface area contributed by atoms with Crippen LogP contribution in [0.4, 0.5) is 10.1 Å². The Labute approximate surface area is 121 Å². The van der Waals surface area contributed by atoms with Gasteiger partial charge in [0.05, 0.1) is 7.11 Å². The van der Waals surface area contributed by atoms with Crippen molar-refractivity contribution in [2.75, 3.05) is 12.8 Å². The molecule has 2 aromatic rings. The minimum atomic E-state index is -0.497. The van der Waals surface area contributed by atoms with E-state index in [1.54, 1.807) is 24.3 Å². The third-order valence-corrected chi connectivity index (χ3v) is 3.04. The van der Waals surface area contributed by atoms with Crippen molar-refractivity contribution in [2.24, 2.45) is 0 Å². The Bertz CT molecular complexity index is 638. The lowest BCUT2D eigenvalue weighted by Crippen LogP contribution is -2.05. The minimum absolute atomic E-state index is 0.0701. The molecule has 0 amide bonds. The Kier molecular flexibility index (Phi) is 4.25. The highest BCUT2D eigenvalue weighted by atomic mass is 35.5. The fourth-order valence-electron chi connectivity index (χ4n) is 1.88. The van der Waals surface area contributed by atoms with Gasteiger partial charge in [-0.1, -0.05) is 17.7 Å². The fourth-order valence-corrected chi connectivity index (χ4v) is 2.12. The van der Waals surface area contributed by atoms with Gasteiger partial charge in [-0.05, 0) is 35.9 Å². The zero-order valence-corrected chi connectivity index (χ0v) is 11.6. The number of ether oxygens (including phenoxy) is 1. The maximum absolute atomic E-state index is 13.6. The average molecular weight is 294 g/mol. The Morgan fingerprint density at radius 3 is 2.65 bits per heavy atom. The van der Waals surface area contributed by atoms with Crippen LogP contribution in [0.1, 0.15) is 15.9 Å². The molecule has 0 heterocycles.